The highest BCUT2D eigenvalue weighted by Gasteiger charge is 2.05. The molecule has 2 heteroatoms. The molecule has 1 N–H and O–H groups in total. The van der Waals surface area contributed by atoms with E-state index in [0.717, 1.165) is 5.56 Å². The van der Waals surface area contributed by atoms with E-state index in [1.165, 1.54) is 0 Å². The molecule has 0 bridgehead atoms. The van der Waals surface area contributed by atoms with Crippen molar-refractivity contribution in [1.29, 1.82) is 0 Å². The van der Waals surface area contributed by atoms with Gasteiger partial charge in [-0.1, -0.05) is 30.3 Å². The van der Waals surface area contributed by atoms with E-state index < -0.39 is 6.10 Å². The van der Waals surface area contributed by atoms with Gasteiger partial charge in [0.15, 0.2) is 0 Å². The molecule has 1 aromatic carbocycles. The van der Waals surface area contributed by atoms with E-state index in [0.29, 0.717) is 6.61 Å². The number of ether oxygens (including phenoxy) is 1. The lowest BCUT2D eigenvalue weighted by molar-refractivity contribution is 0.00449. The zero-order chi connectivity index (χ0) is 9.68. The zero-order valence-electron chi connectivity index (χ0n) is 8.10. The van der Waals surface area contributed by atoms with Crippen molar-refractivity contribution in [3.8, 4) is 0 Å². The van der Waals surface area contributed by atoms with Crippen LogP contribution in [0.5, 0.6) is 0 Å². The molecule has 0 unspecified atom stereocenters. The second kappa shape index (κ2) is 5.00. The third kappa shape index (κ3) is 3.57. The van der Waals surface area contributed by atoms with Gasteiger partial charge in [0.2, 0.25) is 0 Å². The number of benzene rings is 1. The molecule has 1 rings (SSSR count). The highest BCUT2D eigenvalue weighted by atomic mass is 16.5. The monoisotopic (exact) mass is 180 g/mol. The molecule has 0 amide bonds. The van der Waals surface area contributed by atoms with E-state index in [-0.39, 0.29) is 6.10 Å². The summed E-state index contributed by atoms with van der Waals surface area (Å²) in [6.45, 7) is 4.09. The molecule has 0 saturated heterocycles. The number of aliphatic hydroxyl groups excluding tert-OH is 1. The Bertz CT molecular complexity index is 231. The summed E-state index contributed by atoms with van der Waals surface area (Å²) in [7, 11) is 0. The van der Waals surface area contributed by atoms with Gasteiger partial charge >= 0.3 is 0 Å². The molecule has 72 valence electrons. The maximum atomic E-state index is 9.02. The molecule has 13 heavy (non-hydrogen) atoms. The minimum atomic E-state index is -0.397. The number of hydrogen-bond acceptors (Lipinski definition) is 2. The molecule has 0 aliphatic carbocycles. The summed E-state index contributed by atoms with van der Waals surface area (Å²) in [4.78, 5) is 0. The van der Waals surface area contributed by atoms with Gasteiger partial charge in [0.1, 0.15) is 0 Å². The van der Waals surface area contributed by atoms with E-state index >= 15 is 0 Å². The Labute approximate surface area is 79.2 Å². The quantitative estimate of drug-likeness (QED) is 0.769. The summed E-state index contributed by atoms with van der Waals surface area (Å²) >= 11 is 0. The third-order valence-corrected chi connectivity index (χ3v) is 1.86. The van der Waals surface area contributed by atoms with Crippen molar-refractivity contribution < 1.29 is 9.84 Å². The van der Waals surface area contributed by atoms with Crippen LogP contribution in [0.2, 0.25) is 0 Å². The predicted molar refractivity (Wildman–Crippen MR) is 52.5 cm³/mol. The first kappa shape index (κ1) is 10.2. The fourth-order valence-electron chi connectivity index (χ4n) is 1.10. The summed E-state index contributed by atoms with van der Waals surface area (Å²) in [5, 5.41) is 9.02. The van der Waals surface area contributed by atoms with Crippen LogP contribution in [0.1, 0.15) is 25.5 Å². The minimum absolute atomic E-state index is 0.0517. The molecular weight excluding hydrogens is 164 g/mol. The van der Waals surface area contributed by atoms with Gasteiger partial charge in [-0.15, -0.1) is 0 Å². The molecule has 0 fully saturated rings. The molecule has 2 atom stereocenters. The van der Waals surface area contributed by atoms with Crippen molar-refractivity contribution in [3.05, 3.63) is 35.9 Å². The normalized spacial score (nSPS) is 15.3. The molecule has 2 nitrogen and oxygen atoms in total. The summed E-state index contributed by atoms with van der Waals surface area (Å²) in [6.07, 6.45) is -0.345. The first-order valence-corrected chi connectivity index (χ1v) is 4.54. The summed E-state index contributed by atoms with van der Waals surface area (Å²) in [5.41, 5.74) is 1.14. The van der Waals surface area contributed by atoms with Crippen LogP contribution in [0.15, 0.2) is 30.3 Å². The van der Waals surface area contributed by atoms with Crippen molar-refractivity contribution >= 4 is 0 Å². The van der Waals surface area contributed by atoms with E-state index in [2.05, 4.69) is 0 Å². The molecule has 0 aliphatic heterocycles. The Balaban J connectivity index is 2.44. The fourth-order valence-corrected chi connectivity index (χ4v) is 1.10. The number of aliphatic hydroxyl groups is 1. The average Bonchev–Trinajstić information content (AvgIpc) is 2.15. The Morgan fingerprint density at radius 1 is 1.23 bits per heavy atom. The largest absolute Gasteiger partial charge is 0.391 e. The molecule has 0 aliphatic rings. The predicted octanol–water partition coefficient (Wildman–Crippen LogP) is 2.14. The zero-order valence-corrected chi connectivity index (χ0v) is 8.10. The van der Waals surface area contributed by atoms with Gasteiger partial charge in [-0.3, -0.25) is 0 Å². The molecule has 0 spiro atoms. The molecule has 1 aromatic rings. The second-order valence-electron chi connectivity index (χ2n) is 3.24. The molecule has 0 heterocycles. The van der Waals surface area contributed by atoms with Crippen LogP contribution in [0.25, 0.3) is 0 Å². The molecule has 0 saturated carbocycles. The number of rotatable bonds is 4. The molecule has 0 aromatic heterocycles. The Kier molecular flexibility index (Phi) is 3.93. The van der Waals surface area contributed by atoms with Crippen LogP contribution in [-0.4, -0.2) is 17.8 Å². The van der Waals surface area contributed by atoms with Crippen molar-refractivity contribution in [2.75, 3.05) is 6.61 Å². The van der Waals surface area contributed by atoms with Crippen LogP contribution in [-0.2, 0) is 4.74 Å². The highest BCUT2D eigenvalue weighted by Crippen LogP contribution is 2.15. The maximum absolute atomic E-state index is 9.02. The number of hydrogen-bond donors (Lipinski definition) is 1. The van der Waals surface area contributed by atoms with Crippen molar-refractivity contribution in [2.45, 2.75) is 26.1 Å². The van der Waals surface area contributed by atoms with Crippen LogP contribution < -0.4 is 0 Å². The topological polar surface area (TPSA) is 29.5 Å². The van der Waals surface area contributed by atoms with E-state index in [1.807, 2.05) is 37.3 Å². The van der Waals surface area contributed by atoms with E-state index in [4.69, 9.17) is 9.84 Å². The van der Waals surface area contributed by atoms with Gasteiger partial charge in [0, 0.05) is 0 Å². The van der Waals surface area contributed by atoms with Gasteiger partial charge in [0.25, 0.3) is 0 Å². The van der Waals surface area contributed by atoms with Crippen molar-refractivity contribution in [2.24, 2.45) is 0 Å². The van der Waals surface area contributed by atoms with Crippen LogP contribution >= 0.6 is 0 Å². The fraction of sp³-hybridized carbons (Fsp3) is 0.455. The Morgan fingerprint density at radius 3 is 2.38 bits per heavy atom. The average molecular weight is 180 g/mol. The summed E-state index contributed by atoms with van der Waals surface area (Å²) in [5.74, 6) is 0. The maximum Gasteiger partial charge on any atom is 0.0798 e. The van der Waals surface area contributed by atoms with Crippen LogP contribution in [0.4, 0.5) is 0 Å². The first-order valence-electron chi connectivity index (χ1n) is 4.54. The van der Waals surface area contributed by atoms with Crippen molar-refractivity contribution in [1.82, 2.24) is 0 Å². The SMILES string of the molecule is C[C@H](OC[C@@H](C)O)c1ccccc1. The lowest BCUT2D eigenvalue weighted by Crippen LogP contribution is -2.12. The summed E-state index contributed by atoms with van der Waals surface area (Å²) in [6, 6.07) is 9.99. The first-order chi connectivity index (χ1) is 6.20. The van der Waals surface area contributed by atoms with Crippen LogP contribution in [0.3, 0.4) is 0 Å². The summed E-state index contributed by atoms with van der Waals surface area (Å²) < 4.78 is 5.44. The van der Waals surface area contributed by atoms with Crippen LogP contribution in [0, 0.1) is 0 Å². The third-order valence-electron chi connectivity index (χ3n) is 1.86. The molecular formula is C11H16O2. The van der Waals surface area contributed by atoms with Gasteiger partial charge in [-0.25, -0.2) is 0 Å². The lowest BCUT2D eigenvalue weighted by atomic mass is 10.1. The smallest absolute Gasteiger partial charge is 0.0798 e. The van der Waals surface area contributed by atoms with E-state index in [1.54, 1.807) is 6.92 Å². The standard InChI is InChI=1S/C11H16O2/c1-9(12)8-13-10(2)11-6-4-3-5-7-11/h3-7,9-10,12H,8H2,1-2H3/t9-,10+/m1/s1. The lowest BCUT2D eigenvalue weighted by Gasteiger charge is -2.14. The minimum Gasteiger partial charge on any atom is -0.391 e. The van der Waals surface area contributed by atoms with E-state index in [9.17, 15) is 0 Å². The highest BCUT2D eigenvalue weighted by molar-refractivity contribution is 5.16. The van der Waals surface area contributed by atoms with Crippen molar-refractivity contribution in [3.63, 3.8) is 0 Å². The van der Waals surface area contributed by atoms with Gasteiger partial charge < -0.3 is 9.84 Å². The molecule has 0 radical (unpaired) electrons. The van der Waals surface area contributed by atoms with Gasteiger partial charge in [-0.05, 0) is 19.4 Å². The Morgan fingerprint density at radius 2 is 1.85 bits per heavy atom. The van der Waals surface area contributed by atoms with Gasteiger partial charge in [0.05, 0.1) is 18.8 Å². The second-order valence-corrected chi connectivity index (χ2v) is 3.24. The van der Waals surface area contributed by atoms with Gasteiger partial charge in [-0.2, -0.15) is 0 Å². The Hall–Kier alpha value is -0.860.